The molecule has 0 unspecified atom stereocenters. The fraction of sp³-hybridized carbons (Fsp3) is 0.400. The quantitative estimate of drug-likeness (QED) is 0.807. The van der Waals surface area contributed by atoms with Crippen LogP contribution in [0.25, 0.3) is 0 Å². The van der Waals surface area contributed by atoms with Crippen molar-refractivity contribution in [2.24, 2.45) is 7.05 Å². The van der Waals surface area contributed by atoms with Crippen LogP contribution in [0.4, 0.5) is 5.69 Å². The number of aromatic nitrogens is 2. The molecule has 2 rings (SSSR count). The van der Waals surface area contributed by atoms with E-state index >= 15 is 0 Å². The lowest BCUT2D eigenvalue weighted by molar-refractivity contribution is 0.284. The van der Waals surface area contributed by atoms with Gasteiger partial charge in [-0.3, -0.25) is 9.58 Å². The van der Waals surface area contributed by atoms with Crippen LogP contribution >= 0.6 is 0 Å². The molecule has 0 spiro atoms. The van der Waals surface area contributed by atoms with Crippen molar-refractivity contribution in [2.45, 2.75) is 19.9 Å². The topological polar surface area (TPSA) is 47.1 Å². The van der Waals surface area contributed by atoms with E-state index in [-0.39, 0.29) is 0 Å². The molecule has 0 fully saturated rings. The van der Waals surface area contributed by atoms with Crippen molar-refractivity contribution in [1.82, 2.24) is 14.7 Å². The number of nitrogens with zero attached hydrogens (tertiary/aromatic N) is 3. The van der Waals surface area contributed by atoms with Gasteiger partial charge in [-0.05, 0) is 30.2 Å². The van der Waals surface area contributed by atoms with Gasteiger partial charge in [0.1, 0.15) is 0 Å². The van der Waals surface area contributed by atoms with Crippen molar-refractivity contribution >= 4 is 5.69 Å². The molecule has 2 aromatic rings. The van der Waals surface area contributed by atoms with Crippen LogP contribution in [0.2, 0.25) is 0 Å². The fourth-order valence-corrected chi connectivity index (χ4v) is 2.16. The Bertz CT molecular complexity index is 518. The average Bonchev–Trinajstić information content (AvgIpc) is 2.82. The SMILES string of the molecule is CCN(CCc1cnn(C)c1)Cc1ccccc1N. The van der Waals surface area contributed by atoms with Crippen molar-refractivity contribution in [2.75, 3.05) is 18.8 Å². The number of rotatable bonds is 6. The van der Waals surface area contributed by atoms with Gasteiger partial charge in [-0.1, -0.05) is 25.1 Å². The van der Waals surface area contributed by atoms with Crippen LogP contribution in [-0.4, -0.2) is 27.8 Å². The normalized spacial score (nSPS) is 11.1. The molecular weight excluding hydrogens is 236 g/mol. The zero-order valence-corrected chi connectivity index (χ0v) is 11.7. The monoisotopic (exact) mass is 258 g/mol. The van der Waals surface area contributed by atoms with Gasteiger partial charge < -0.3 is 5.73 Å². The summed E-state index contributed by atoms with van der Waals surface area (Å²) in [5.74, 6) is 0. The predicted molar refractivity (Wildman–Crippen MR) is 78.7 cm³/mol. The van der Waals surface area contributed by atoms with Crippen LogP contribution in [0.3, 0.4) is 0 Å². The van der Waals surface area contributed by atoms with E-state index in [2.05, 4.69) is 29.2 Å². The number of hydrogen-bond acceptors (Lipinski definition) is 3. The molecule has 102 valence electrons. The first kappa shape index (κ1) is 13.6. The number of nitrogen functional groups attached to an aromatic ring is 1. The molecule has 0 bridgehead atoms. The van der Waals surface area contributed by atoms with E-state index in [1.807, 2.05) is 36.1 Å². The van der Waals surface area contributed by atoms with Gasteiger partial charge in [0.2, 0.25) is 0 Å². The number of nitrogens with two attached hydrogens (primary N) is 1. The minimum absolute atomic E-state index is 0.877. The molecule has 0 aliphatic heterocycles. The summed E-state index contributed by atoms with van der Waals surface area (Å²) in [7, 11) is 1.95. The zero-order valence-electron chi connectivity index (χ0n) is 11.7. The Balaban J connectivity index is 1.92. The third kappa shape index (κ3) is 3.83. The first-order chi connectivity index (χ1) is 9.19. The number of anilines is 1. The number of aryl methyl sites for hydroxylation is 1. The highest BCUT2D eigenvalue weighted by atomic mass is 15.2. The standard InChI is InChI=1S/C15H22N4/c1-3-19(9-8-13-10-17-18(2)11-13)12-14-6-4-5-7-15(14)16/h4-7,10-11H,3,8-9,12,16H2,1-2H3. The van der Waals surface area contributed by atoms with Gasteiger partial charge in [0.15, 0.2) is 0 Å². The summed E-state index contributed by atoms with van der Waals surface area (Å²) in [4.78, 5) is 2.40. The molecule has 0 aliphatic rings. The maximum absolute atomic E-state index is 5.99. The third-order valence-corrected chi connectivity index (χ3v) is 3.37. The second-order valence-corrected chi connectivity index (χ2v) is 4.84. The molecule has 1 aromatic carbocycles. The summed E-state index contributed by atoms with van der Waals surface area (Å²) in [6.07, 6.45) is 5.03. The Kier molecular flexibility index (Phi) is 4.58. The van der Waals surface area contributed by atoms with Gasteiger partial charge in [-0.2, -0.15) is 5.10 Å². The summed E-state index contributed by atoms with van der Waals surface area (Å²) in [5, 5.41) is 4.20. The van der Waals surface area contributed by atoms with Crippen molar-refractivity contribution in [3.05, 3.63) is 47.8 Å². The molecule has 0 radical (unpaired) electrons. The molecule has 1 aromatic heterocycles. The summed E-state index contributed by atoms with van der Waals surface area (Å²) in [6.45, 7) is 5.14. The Morgan fingerprint density at radius 1 is 1.32 bits per heavy atom. The van der Waals surface area contributed by atoms with Gasteiger partial charge in [-0.15, -0.1) is 0 Å². The van der Waals surface area contributed by atoms with Gasteiger partial charge >= 0.3 is 0 Å². The predicted octanol–water partition coefficient (Wildman–Crippen LogP) is 2.07. The van der Waals surface area contributed by atoms with Crippen molar-refractivity contribution in [1.29, 1.82) is 0 Å². The van der Waals surface area contributed by atoms with Gasteiger partial charge in [0, 0.05) is 32.0 Å². The highest BCUT2D eigenvalue weighted by Gasteiger charge is 2.07. The van der Waals surface area contributed by atoms with Gasteiger partial charge in [0.25, 0.3) is 0 Å². The van der Waals surface area contributed by atoms with E-state index in [1.54, 1.807) is 0 Å². The lowest BCUT2D eigenvalue weighted by Crippen LogP contribution is -2.25. The Morgan fingerprint density at radius 2 is 2.11 bits per heavy atom. The Hall–Kier alpha value is -1.81. The molecule has 0 aliphatic carbocycles. The van der Waals surface area contributed by atoms with E-state index in [0.717, 1.165) is 31.7 Å². The van der Waals surface area contributed by atoms with E-state index in [0.29, 0.717) is 0 Å². The lowest BCUT2D eigenvalue weighted by Gasteiger charge is -2.21. The highest BCUT2D eigenvalue weighted by Crippen LogP contribution is 2.13. The number of hydrogen-bond donors (Lipinski definition) is 1. The van der Waals surface area contributed by atoms with Crippen LogP contribution in [0, 0.1) is 0 Å². The van der Waals surface area contributed by atoms with Crippen LogP contribution in [-0.2, 0) is 20.0 Å². The number of benzene rings is 1. The van der Waals surface area contributed by atoms with Crippen molar-refractivity contribution in [3.63, 3.8) is 0 Å². The summed E-state index contributed by atoms with van der Waals surface area (Å²) >= 11 is 0. The Labute approximate surface area is 114 Å². The largest absolute Gasteiger partial charge is 0.398 e. The summed E-state index contributed by atoms with van der Waals surface area (Å²) in [6, 6.07) is 8.08. The molecule has 19 heavy (non-hydrogen) atoms. The van der Waals surface area contributed by atoms with E-state index in [9.17, 15) is 0 Å². The van der Waals surface area contributed by atoms with Crippen LogP contribution in [0.15, 0.2) is 36.7 Å². The minimum Gasteiger partial charge on any atom is -0.398 e. The zero-order chi connectivity index (χ0) is 13.7. The minimum atomic E-state index is 0.877. The van der Waals surface area contributed by atoms with E-state index in [4.69, 9.17) is 5.73 Å². The van der Waals surface area contributed by atoms with Crippen LogP contribution in [0.5, 0.6) is 0 Å². The van der Waals surface area contributed by atoms with Gasteiger partial charge in [-0.25, -0.2) is 0 Å². The van der Waals surface area contributed by atoms with Crippen molar-refractivity contribution < 1.29 is 0 Å². The molecular formula is C15H22N4. The molecule has 4 nitrogen and oxygen atoms in total. The first-order valence-corrected chi connectivity index (χ1v) is 6.72. The highest BCUT2D eigenvalue weighted by molar-refractivity contribution is 5.46. The Morgan fingerprint density at radius 3 is 2.74 bits per heavy atom. The summed E-state index contributed by atoms with van der Waals surface area (Å²) < 4.78 is 1.85. The molecule has 0 atom stereocenters. The van der Waals surface area contributed by atoms with Crippen molar-refractivity contribution in [3.8, 4) is 0 Å². The molecule has 4 heteroatoms. The van der Waals surface area contributed by atoms with Crippen LogP contribution in [0.1, 0.15) is 18.1 Å². The van der Waals surface area contributed by atoms with E-state index in [1.165, 1.54) is 11.1 Å². The maximum Gasteiger partial charge on any atom is 0.0522 e. The second kappa shape index (κ2) is 6.38. The lowest BCUT2D eigenvalue weighted by atomic mass is 10.1. The average molecular weight is 258 g/mol. The van der Waals surface area contributed by atoms with E-state index < -0.39 is 0 Å². The third-order valence-electron chi connectivity index (χ3n) is 3.37. The number of para-hydroxylation sites is 1. The first-order valence-electron chi connectivity index (χ1n) is 6.72. The van der Waals surface area contributed by atoms with Crippen LogP contribution < -0.4 is 5.73 Å². The molecule has 1 heterocycles. The molecule has 0 saturated heterocycles. The van der Waals surface area contributed by atoms with Gasteiger partial charge in [0.05, 0.1) is 6.20 Å². The molecule has 0 amide bonds. The molecule has 0 saturated carbocycles. The summed E-state index contributed by atoms with van der Waals surface area (Å²) in [5.41, 5.74) is 9.36. The second-order valence-electron chi connectivity index (χ2n) is 4.84. The molecule has 2 N–H and O–H groups in total. The number of likely N-dealkylation sites (N-methyl/N-ethyl adjacent to an activating group) is 1. The smallest absolute Gasteiger partial charge is 0.0522 e. The fourth-order valence-electron chi connectivity index (χ4n) is 2.16. The maximum atomic E-state index is 5.99.